The molecule has 0 aliphatic carbocycles. The Morgan fingerprint density at radius 3 is 2.08 bits per heavy atom. The van der Waals surface area contributed by atoms with Crippen LogP contribution in [-0.4, -0.2) is 25.1 Å². The molecule has 0 aromatic rings. The standard InChI is InChI=1S/C7H14F2O3S/c8-7(9)5-3-1-2-4-6-13(10,11)12/h7H,1-6H2,(H,10,11,12). The first-order chi connectivity index (χ1) is 5.92. The Kier molecular flexibility index (Phi) is 6.15. The van der Waals surface area contributed by atoms with E-state index in [1.165, 1.54) is 0 Å². The molecule has 3 nitrogen and oxygen atoms in total. The Morgan fingerprint density at radius 1 is 1.08 bits per heavy atom. The van der Waals surface area contributed by atoms with Crippen molar-refractivity contribution in [3.8, 4) is 0 Å². The molecule has 13 heavy (non-hydrogen) atoms. The van der Waals surface area contributed by atoms with Gasteiger partial charge < -0.3 is 0 Å². The fourth-order valence-electron chi connectivity index (χ4n) is 0.937. The Balaban J connectivity index is 3.18. The predicted molar refractivity (Wildman–Crippen MR) is 45.5 cm³/mol. The van der Waals surface area contributed by atoms with E-state index in [0.29, 0.717) is 25.7 Å². The van der Waals surface area contributed by atoms with Crippen LogP contribution >= 0.6 is 0 Å². The van der Waals surface area contributed by atoms with Crippen molar-refractivity contribution in [2.75, 3.05) is 5.75 Å². The number of halogens is 2. The predicted octanol–water partition coefficient (Wildman–Crippen LogP) is 2.09. The van der Waals surface area contributed by atoms with Gasteiger partial charge in [0.15, 0.2) is 0 Å². The first kappa shape index (κ1) is 12.8. The van der Waals surface area contributed by atoms with E-state index < -0.39 is 16.5 Å². The second-order valence-corrected chi connectivity index (χ2v) is 4.45. The van der Waals surface area contributed by atoms with Gasteiger partial charge in [-0.15, -0.1) is 0 Å². The van der Waals surface area contributed by atoms with Crippen molar-refractivity contribution in [3.05, 3.63) is 0 Å². The molecule has 0 amide bonds. The van der Waals surface area contributed by atoms with Gasteiger partial charge in [-0.3, -0.25) is 4.55 Å². The highest BCUT2D eigenvalue weighted by Gasteiger charge is 2.04. The summed E-state index contributed by atoms with van der Waals surface area (Å²) in [6, 6.07) is 0. The molecule has 0 aliphatic heterocycles. The first-order valence-electron chi connectivity index (χ1n) is 4.15. The molecule has 0 fully saturated rings. The van der Waals surface area contributed by atoms with Gasteiger partial charge in [0.1, 0.15) is 0 Å². The third-order valence-electron chi connectivity index (χ3n) is 1.57. The molecular formula is C7H14F2O3S. The molecule has 0 radical (unpaired) electrons. The van der Waals surface area contributed by atoms with Crippen LogP contribution in [0.2, 0.25) is 0 Å². The second-order valence-electron chi connectivity index (χ2n) is 2.88. The van der Waals surface area contributed by atoms with Gasteiger partial charge in [-0.05, 0) is 12.8 Å². The third-order valence-corrected chi connectivity index (χ3v) is 2.38. The zero-order valence-corrected chi connectivity index (χ0v) is 8.06. The maximum atomic E-state index is 11.6. The van der Waals surface area contributed by atoms with E-state index in [1.54, 1.807) is 0 Å². The Morgan fingerprint density at radius 2 is 1.62 bits per heavy atom. The number of unbranched alkanes of at least 4 members (excludes halogenated alkanes) is 3. The molecule has 1 N–H and O–H groups in total. The summed E-state index contributed by atoms with van der Waals surface area (Å²) in [5.74, 6) is -0.276. The van der Waals surface area contributed by atoms with Crippen LogP contribution in [0.15, 0.2) is 0 Å². The summed E-state index contributed by atoms with van der Waals surface area (Å²) in [6.45, 7) is 0. The lowest BCUT2D eigenvalue weighted by Gasteiger charge is -1.99. The molecule has 80 valence electrons. The number of hydrogen-bond donors (Lipinski definition) is 1. The molecule has 0 aromatic carbocycles. The number of rotatable bonds is 7. The Labute approximate surface area is 76.9 Å². The summed E-state index contributed by atoms with van der Waals surface area (Å²) in [7, 11) is -3.88. The molecule has 0 heterocycles. The quantitative estimate of drug-likeness (QED) is 0.523. The van der Waals surface area contributed by atoms with E-state index in [-0.39, 0.29) is 12.2 Å². The number of hydrogen-bond acceptors (Lipinski definition) is 2. The summed E-state index contributed by atoms with van der Waals surface area (Å²) in [5.41, 5.74) is 0. The van der Waals surface area contributed by atoms with Crippen LogP contribution in [0.1, 0.15) is 32.1 Å². The maximum absolute atomic E-state index is 11.6. The van der Waals surface area contributed by atoms with E-state index >= 15 is 0 Å². The van der Waals surface area contributed by atoms with E-state index in [9.17, 15) is 17.2 Å². The van der Waals surface area contributed by atoms with Crippen molar-refractivity contribution < 1.29 is 21.8 Å². The summed E-state index contributed by atoms with van der Waals surface area (Å²) < 4.78 is 51.9. The minimum absolute atomic E-state index is 0.133. The topological polar surface area (TPSA) is 54.4 Å². The van der Waals surface area contributed by atoms with Gasteiger partial charge in [-0.1, -0.05) is 12.8 Å². The zero-order valence-electron chi connectivity index (χ0n) is 7.25. The molecule has 0 saturated carbocycles. The molecule has 0 saturated heterocycles. The van der Waals surface area contributed by atoms with E-state index in [2.05, 4.69) is 0 Å². The number of alkyl halides is 2. The maximum Gasteiger partial charge on any atom is 0.264 e. The lowest BCUT2D eigenvalue weighted by molar-refractivity contribution is 0.134. The van der Waals surface area contributed by atoms with Crippen molar-refractivity contribution in [1.82, 2.24) is 0 Å². The Bertz CT molecular complexity index is 214. The highest BCUT2D eigenvalue weighted by Crippen LogP contribution is 2.09. The van der Waals surface area contributed by atoms with E-state index in [1.807, 2.05) is 0 Å². The molecule has 0 bridgehead atoms. The minimum atomic E-state index is -3.88. The van der Waals surface area contributed by atoms with Gasteiger partial charge in [-0.25, -0.2) is 8.78 Å². The van der Waals surface area contributed by atoms with Gasteiger partial charge in [0.25, 0.3) is 10.1 Å². The molecule has 0 spiro atoms. The Hall–Kier alpha value is -0.230. The summed E-state index contributed by atoms with van der Waals surface area (Å²) >= 11 is 0. The highest BCUT2D eigenvalue weighted by atomic mass is 32.2. The van der Waals surface area contributed by atoms with Crippen LogP contribution in [0.4, 0.5) is 8.78 Å². The van der Waals surface area contributed by atoms with Crippen LogP contribution in [0.25, 0.3) is 0 Å². The zero-order chi connectivity index (χ0) is 10.3. The highest BCUT2D eigenvalue weighted by molar-refractivity contribution is 7.85. The van der Waals surface area contributed by atoms with Crippen molar-refractivity contribution in [1.29, 1.82) is 0 Å². The second kappa shape index (κ2) is 6.26. The molecule has 0 atom stereocenters. The molecule has 6 heteroatoms. The molecule has 0 aromatic heterocycles. The van der Waals surface area contributed by atoms with Gasteiger partial charge in [0, 0.05) is 6.42 Å². The molecule has 0 aliphatic rings. The molecular weight excluding hydrogens is 202 g/mol. The fourth-order valence-corrected chi connectivity index (χ4v) is 1.51. The average molecular weight is 216 g/mol. The van der Waals surface area contributed by atoms with Crippen LogP contribution in [0.3, 0.4) is 0 Å². The van der Waals surface area contributed by atoms with E-state index in [0.717, 1.165) is 0 Å². The summed E-state index contributed by atoms with van der Waals surface area (Å²) in [4.78, 5) is 0. The largest absolute Gasteiger partial charge is 0.286 e. The van der Waals surface area contributed by atoms with Gasteiger partial charge in [0.2, 0.25) is 6.43 Å². The van der Waals surface area contributed by atoms with Crippen molar-refractivity contribution >= 4 is 10.1 Å². The van der Waals surface area contributed by atoms with Crippen LogP contribution < -0.4 is 0 Å². The van der Waals surface area contributed by atoms with Gasteiger partial charge >= 0.3 is 0 Å². The van der Waals surface area contributed by atoms with E-state index in [4.69, 9.17) is 4.55 Å². The van der Waals surface area contributed by atoms with Crippen LogP contribution in [0, 0.1) is 0 Å². The monoisotopic (exact) mass is 216 g/mol. The van der Waals surface area contributed by atoms with Crippen LogP contribution in [-0.2, 0) is 10.1 Å². The van der Waals surface area contributed by atoms with Gasteiger partial charge in [-0.2, -0.15) is 8.42 Å². The smallest absolute Gasteiger partial charge is 0.264 e. The summed E-state index contributed by atoms with van der Waals surface area (Å²) in [6.07, 6.45) is -0.523. The third kappa shape index (κ3) is 11.8. The first-order valence-corrected chi connectivity index (χ1v) is 5.76. The van der Waals surface area contributed by atoms with Crippen molar-refractivity contribution in [3.63, 3.8) is 0 Å². The van der Waals surface area contributed by atoms with Crippen molar-refractivity contribution in [2.45, 2.75) is 38.5 Å². The average Bonchev–Trinajstić information content (AvgIpc) is 1.93. The fraction of sp³-hybridized carbons (Fsp3) is 1.00. The molecule has 0 unspecified atom stereocenters. The van der Waals surface area contributed by atoms with Crippen molar-refractivity contribution in [2.24, 2.45) is 0 Å². The normalized spacial score (nSPS) is 12.3. The lowest BCUT2D eigenvalue weighted by atomic mass is 10.2. The minimum Gasteiger partial charge on any atom is -0.286 e. The van der Waals surface area contributed by atoms with Gasteiger partial charge in [0.05, 0.1) is 5.75 Å². The van der Waals surface area contributed by atoms with Crippen LogP contribution in [0.5, 0.6) is 0 Å². The molecule has 0 rings (SSSR count). The lowest BCUT2D eigenvalue weighted by Crippen LogP contribution is -2.03. The summed E-state index contributed by atoms with van der Waals surface area (Å²) in [5, 5.41) is 0. The SMILES string of the molecule is O=S(=O)(O)CCCCCCC(F)F.